The fourth-order valence-electron chi connectivity index (χ4n) is 3.67. The number of carbonyl (C=O) groups excluding carboxylic acids is 1. The lowest BCUT2D eigenvalue weighted by Gasteiger charge is -2.31. The highest BCUT2D eigenvalue weighted by molar-refractivity contribution is 7.92. The molecule has 0 N–H and O–H groups in total. The molecular weight excluding hydrogens is 392 g/mol. The van der Waals surface area contributed by atoms with Crippen LogP contribution < -0.4 is 13.8 Å². The van der Waals surface area contributed by atoms with Crippen LogP contribution in [0.2, 0.25) is 0 Å². The third-order valence-corrected chi connectivity index (χ3v) is 6.36. The van der Waals surface area contributed by atoms with E-state index in [1.54, 1.807) is 24.0 Å². The van der Waals surface area contributed by atoms with Crippen LogP contribution in [-0.2, 0) is 23.0 Å². The quantitative estimate of drug-likeness (QED) is 0.721. The number of hydrogen-bond acceptors (Lipinski definition) is 5. The number of anilines is 1. The molecule has 3 rings (SSSR count). The molecule has 0 aromatic heterocycles. The summed E-state index contributed by atoms with van der Waals surface area (Å²) in [6.45, 7) is 2.96. The van der Waals surface area contributed by atoms with Gasteiger partial charge in [-0.1, -0.05) is 24.3 Å². The average molecular weight is 419 g/mol. The van der Waals surface area contributed by atoms with E-state index in [0.717, 1.165) is 18.2 Å². The van der Waals surface area contributed by atoms with E-state index < -0.39 is 10.0 Å². The first kappa shape index (κ1) is 21.0. The highest BCUT2D eigenvalue weighted by atomic mass is 32.2. The van der Waals surface area contributed by atoms with Gasteiger partial charge in [0.1, 0.15) is 0 Å². The molecule has 2 aromatic carbocycles. The first-order valence-electron chi connectivity index (χ1n) is 9.40. The maximum absolute atomic E-state index is 13.5. The highest BCUT2D eigenvalue weighted by Gasteiger charge is 2.29. The lowest BCUT2D eigenvalue weighted by Crippen LogP contribution is -2.38. The third kappa shape index (κ3) is 4.17. The number of fused-ring (bicyclic) bond motifs is 1. The number of rotatable bonds is 6. The molecule has 0 spiro atoms. The van der Waals surface area contributed by atoms with Crippen LogP contribution >= 0.6 is 0 Å². The summed E-state index contributed by atoms with van der Waals surface area (Å²) in [6.07, 6.45) is 1.88. The molecular formula is C21H26N2O5S. The Morgan fingerprint density at radius 1 is 1.10 bits per heavy atom. The van der Waals surface area contributed by atoms with Gasteiger partial charge in [-0.3, -0.25) is 9.10 Å². The van der Waals surface area contributed by atoms with E-state index in [4.69, 9.17) is 9.47 Å². The summed E-state index contributed by atoms with van der Waals surface area (Å²) in [5, 5.41) is 0. The zero-order valence-electron chi connectivity index (χ0n) is 17.1. The first-order chi connectivity index (χ1) is 13.8. The lowest BCUT2D eigenvalue weighted by atomic mass is 9.99. The fourth-order valence-corrected chi connectivity index (χ4v) is 4.65. The summed E-state index contributed by atoms with van der Waals surface area (Å²) in [4.78, 5) is 15.2. The molecule has 0 fully saturated rings. The molecule has 7 nitrogen and oxygen atoms in total. The summed E-state index contributed by atoms with van der Waals surface area (Å²) < 4.78 is 36.6. The third-order valence-electron chi connectivity index (χ3n) is 5.11. The van der Waals surface area contributed by atoms with E-state index in [2.05, 4.69) is 6.07 Å². The summed E-state index contributed by atoms with van der Waals surface area (Å²) in [7, 11) is -0.625. The molecule has 0 saturated heterocycles. The SMILES string of the molecule is CCN(c1cc(OC)c(OC)cc1C(=O)N1CCc2ccccc2C1)S(C)(=O)=O. The highest BCUT2D eigenvalue weighted by Crippen LogP contribution is 2.37. The van der Waals surface area contributed by atoms with Crippen LogP contribution in [0, 0.1) is 0 Å². The molecule has 0 radical (unpaired) electrons. The Kier molecular flexibility index (Phi) is 6.02. The molecule has 0 saturated carbocycles. The maximum Gasteiger partial charge on any atom is 0.256 e. The van der Waals surface area contributed by atoms with Crippen molar-refractivity contribution in [3.05, 3.63) is 53.1 Å². The molecule has 0 unspecified atom stereocenters. The van der Waals surface area contributed by atoms with Gasteiger partial charge in [-0.25, -0.2) is 8.42 Å². The van der Waals surface area contributed by atoms with E-state index in [9.17, 15) is 13.2 Å². The van der Waals surface area contributed by atoms with Gasteiger partial charge in [0.25, 0.3) is 5.91 Å². The second-order valence-electron chi connectivity index (χ2n) is 6.90. The predicted octanol–water partition coefficient (Wildman–Crippen LogP) is 2.69. The van der Waals surface area contributed by atoms with Gasteiger partial charge in [0, 0.05) is 25.7 Å². The van der Waals surface area contributed by atoms with Crippen LogP contribution in [-0.4, -0.2) is 52.8 Å². The van der Waals surface area contributed by atoms with Crippen molar-refractivity contribution in [2.75, 3.05) is 37.9 Å². The number of sulfonamides is 1. The number of methoxy groups -OCH3 is 2. The summed E-state index contributed by atoms with van der Waals surface area (Å²) >= 11 is 0. The molecule has 1 amide bonds. The van der Waals surface area contributed by atoms with E-state index in [1.807, 2.05) is 18.2 Å². The van der Waals surface area contributed by atoms with Crippen molar-refractivity contribution in [2.24, 2.45) is 0 Å². The largest absolute Gasteiger partial charge is 0.493 e. The smallest absolute Gasteiger partial charge is 0.256 e. The van der Waals surface area contributed by atoms with Gasteiger partial charge in [0.15, 0.2) is 11.5 Å². The maximum atomic E-state index is 13.5. The van der Waals surface area contributed by atoms with E-state index in [-0.39, 0.29) is 23.7 Å². The van der Waals surface area contributed by atoms with Gasteiger partial charge in [0.2, 0.25) is 10.0 Å². The molecule has 8 heteroatoms. The van der Waals surface area contributed by atoms with Crippen LogP contribution in [0.4, 0.5) is 5.69 Å². The summed E-state index contributed by atoms with van der Waals surface area (Å²) in [5.41, 5.74) is 2.89. The summed E-state index contributed by atoms with van der Waals surface area (Å²) in [6, 6.07) is 11.1. The minimum atomic E-state index is -3.58. The van der Waals surface area contributed by atoms with Crippen LogP contribution in [0.5, 0.6) is 11.5 Å². The molecule has 29 heavy (non-hydrogen) atoms. The number of nitrogens with zero attached hydrogens (tertiary/aromatic N) is 2. The number of hydrogen-bond donors (Lipinski definition) is 0. The normalized spacial score (nSPS) is 13.6. The second kappa shape index (κ2) is 8.32. The molecule has 0 atom stereocenters. The number of carbonyl (C=O) groups is 1. The lowest BCUT2D eigenvalue weighted by molar-refractivity contribution is 0.0735. The molecule has 2 aromatic rings. The van der Waals surface area contributed by atoms with E-state index in [1.165, 1.54) is 24.1 Å². The van der Waals surface area contributed by atoms with E-state index in [0.29, 0.717) is 24.6 Å². The Hall–Kier alpha value is -2.74. The Balaban J connectivity index is 2.08. The minimum Gasteiger partial charge on any atom is -0.493 e. The van der Waals surface area contributed by atoms with Crippen molar-refractivity contribution < 1.29 is 22.7 Å². The average Bonchev–Trinajstić information content (AvgIpc) is 2.71. The van der Waals surface area contributed by atoms with Crippen LogP contribution in [0.3, 0.4) is 0 Å². The van der Waals surface area contributed by atoms with E-state index >= 15 is 0 Å². The zero-order valence-corrected chi connectivity index (χ0v) is 18.0. The van der Waals surface area contributed by atoms with Gasteiger partial charge >= 0.3 is 0 Å². The second-order valence-corrected chi connectivity index (χ2v) is 8.80. The monoisotopic (exact) mass is 418 g/mol. The van der Waals surface area contributed by atoms with Gasteiger partial charge in [-0.05, 0) is 30.5 Å². The minimum absolute atomic E-state index is 0.192. The van der Waals surface area contributed by atoms with Crippen LogP contribution in [0.1, 0.15) is 28.4 Å². The van der Waals surface area contributed by atoms with Gasteiger partial charge in [-0.15, -0.1) is 0 Å². The number of amides is 1. The van der Waals surface area contributed by atoms with Gasteiger partial charge < -0.3 is 14.4 Å². The van der Waals surface area contributed by atoms with Gasteiger partial charge in [0.05, 0.1) is 31.7 Å². The standard InChI is InChI=1S/C21H26N2O5S/c1-5-23(29(4,25)26)18-13-20(28-3)19(27-2)12-17(18)21(24)22-11-10-15-8-6-7-9-16(15)14-22/h6-9,12-13H,5,10-11,14H2,1-4H3. The van der Waals surface area contributed by atoms with Crippen LogP contribution in [0.25, 0.3) is 0 Å². The Labute approximate surface area is 171 Å². The molecule has 156 valence electrons. The van der Waals surface area contributed by atoms with Crippen molar-refractivity contribution in [3.8, 4) is 11.5 Å². The summed E-state index contributed by atoms with van der Waals surface area (Å²) in [5.74, 6) is 0.504. The number of benzene rings is 2. The predicted molar refractivity (Wildman–Crippen MR) is 112 cm³/mol. The van der Waals surface area contributed by atoms with Crippen molar-refractivity contribution in [2.45, 2.75) is 19.9 Å². The Morgan fingerprint density at radius 3 is 2.31 bits per heavy atom. The molecule has 1 aliphatic rings. The fraction of sp³-hybridized carbons (Fsp3) is 0.381. The molecule has 1 aliphatic heterocycles. The van der Waals surface area contributed by atoms with Crippen molar-refractivity contribution >= 4 is 21.6 Å². The number of ether oxygens (including phenoxy) is 2. The van der Waals surface area contributed by atoms with Crippen LogP contribution in [0.15, 0.2) is 36.4 Å². The zero-order chi connectivity index (χ0) is 21.2. The molecule has 0 aliphatic carbocycles. The Morgan fingerprint density at radius 2 is 1.72 bits per heavy atom. The van der Waals surface area contributed by atoms with Gasteiger partial charge in [-0.2, -0.15) is 0 Å². The van der Waals surface area contributed by atoms with Crippen molar-refractivity contribution in [3.63, 3.8) is 0 Å². The Bertz CT molecular complexity index is 1020. The van der Waals surface area contributed by atoms with Crippen molar-refractivity contribution in [1.29, 1.82) is 0 Å². The first-order valence-corrected chi connectivity index (χ1v) is 11.2. The molecule has 1 heterocycles. The topological polar surface area (TPSA) is 76.2 Å². The molecule has 0 bridgehead atoms. The van der Waals surface area contributed by atoms with Crippen molar-refractivity contribution in [1.82, 2.24) is 4.90 Å².